The van der Waals surface area contributed by atoms with Crippen LogP contribution < -0.4 is 5.32 Å². The van der Waals surface area contributed by atoms with Crippen molar-refractivity contribution in [3.8, 4) is 0 Å². The third-order valence-corrected chi connectivity index (χ3v) is 5.21. The molecule has 3 rings (SSSR count). The fourth-order valence-electron chi connectivity index (χ4n) is 2.77. The Bertz CT molecular complexity index is 819. The lowest BCUT2D eigenvalue weighted by atomic mass is 9.96. The summed E-state index contributed by atoms with van der Waals surface area (Å²) in [5, 5.41) is 3.99. The number of carbonyl (C=O) groups is 2. The van der Waals surface area contributed by atoms with Gasteiger partial charge in [0.15, 0.2) is 6.10 Å². The highest BCUT2D eigenvalue weighted by molar-refractivity contribution is 7.10. The van der Waals surface area contributed by atoms with E-state index in [9.17, 15) is 18.4 Å². The molecule has 2 aromatic rings. The van der Waals surface area contributed by atoms with Gasteiger partial charge in [0.1, 0.15) is 11.6 Å². The zero-order valence-corrected chi connectivity index (χ0v) is 14.4. The first-order valence-corrected chi connectivity index (χ1v) is 8.90. The Hall–Kier alpha value is -2.28. The summed E-state index contributed by atoms with van der Waals surface area (Å²) in [5.41, 5.74) is 1.21. The first-order chi connectivity index (χ1) is 12.0. The van der Waals surface area contributed by atoms with Crippen LogP contribution in [0.25, 0.3) is 0 Å². The number of carbonyl (C=O) groups excluding carboxylic acids is 2. The van der Waals surface area contributed by atoms with Crippen molar-refractivity contribution in [3.05, 3.63) is 51.2 Å². The number of aryl methyl sites for hydroxylation is 1. The van der Waals surface area contributed by atoms with E-state index >= 15 is 0 Å². The zero-order valence-electron chi connectivity index (χ0n) is 13.6. The van der Waals surface area contributed by atoms with Crippen LogP contribution in [0, 0.1) is 11.6 Å². The highest BCUT2D eigenvalue weighted by Crippen LogP contribution is 2.30. The quantitative estimate of drug-likeness (QED) is 0.831. The van der Waals surface area contributed by atoms with Crippen molar-refractivity contribution in [1.29, 1.82) is 0 Å². The first-order valence-electron chi connectivity index (χ1n) is 8.02. The monoisotopic (exact) mass is 365 g/mol. The van der Waals surface area contributed by atoms with Gasteiger partial charge < -0.3 is 10.1 Å². The van der Waals surface area contributed by atoms with Gasteiger partial charge in [0.25, 0.3) is 5.91 Å². The normalized spacial score (nSPS) is 14.5. The molecule has 0 fully saturated rings. The molecule has 0 radical (unpaired) electrons. The smallest absolute Gasteiger partial charge is 0.340 e. The van der Waals surface area contributed by atoms with Crippen LogP contribution in [0.1, 0.15) is 40.6 Å². The van der Waals surface area contributed by atoms with Gasteiger partial charge in [-0.2, -0.15) is 0 Å². The van der Waals surface area contributed by atoms with Crippen LogP contribution in [-0.4, -0.2) is 18.0 Å². The number of ether oxygens (including phenoxy) is 1. The van der Waals surface area contributed by atoms with Crippen molar-refractivity contribution >= 4 is 28.9 Å². The van der Waals surface area contributed by atoms with E-state index in [1.54, 1.807) is 5.38 Å². The van der Waals surface area contributed by atoms with E-state index in [-0.39, 0.29) is 5.69 Å². The number of nitrogens with one attached hydrogen (secondary N) is 1. The number of thiophene rings is 1. The third-order valence-electron chi connectivity index (χ3n) is 4.12. The van der Waals surface area contributed by atoms with Gasteiger partial charge in [-0.05, 0) is 50.3 Å². The predicted octanol–water partition coefficient (Wildman–Crippen LogP) is 4.09. The summed E-state index contributed by atoms with van der Waals surface area (Å²) in [4.78, 5) is 25.6. The Kier molecular flexibility index (Phi) is 5.13. The van der Waals surface area contributed by atoms with Gasteiger partial charge in [0.05, 0.1) is 11.3 Å². The maximum Gasteiger partial charge on any atom is 0.340 e. The first kappa shape index (κ1) is 17.5. The van der Waals surface area contributed by atoms with Gasteiger partial charge in [-0.25, -0.2) is 13.6 Å². The van der Waals surface area contributed by atoms with E-state index in [4.69, 9.17) is 4.74 Å². The lowest BCUT2D eigenvalue weighted by molar-refractivity contribution is -0.123. The highest BCUT2D eigenvalue weighted by Gasteiger charge is 2.25. The SMILES string of the molecule is C[C@@H](OC(=O)c1csc2c1CCCC2)C(=O)Nc1cc(F)ccc1F. The Morgan fingerprint density at radius 3 is 2.80 bits per heavy atom. The minimum absolute atomic E-state index is 0.291. The second-order valence-electron chi connectivity index (χ2n) is 5.92. The molecule has 1 aliphatic carbocycles. The maximum absolute atomic E-state index is 13.6. The Morgan fingerprint density at radius 1 is 1.24 bits per heavy atom. The molecule has 0 bridgehead atoms. The largest absolute Gasteiger partial charge is 0.449 e. The van der Waals surface area contributed by atoms with Crippen LogP contribution in [0.15, 0.2) is 23.6 Å². The average molecular weight is 365 g/mol. The third kappa shape index (κ3) is 3.87. The number of fused-ring (bicyclic) bond motifs is 1. The number of hydrogen-bond acceptors (Lipinski definition) is 4. The second kappa shape index (κ2) is 7.31. The molecular weight excluding hydrogens is 348 g/mol. The van der Waals surface area contributed by atoms with Crippen LogP contribution in [-0.2, 0) is 22.4 Å². The van der Waals surface area contributed by atoms with E-state index in [0.29, 0.717) is 5.56 Å². The molecule has 0 saturated carbocycles. The molecule has 1 aromatic heterocycles. The Balaban J connectivity index is 1.66. The van der Waals surface area contributed by atoms with Crippen LogP contribution in [0.4, 0.5) is 14.5 Å². The standard InChI is InChI=1S/C18H17F2NO3S/c1-10(17(22)21-15-8-11(19)6-7-14(15)20)24-18(23)13-9-25-16-5-3-2-4-12(13)16/h6-10H,2-5H2,1H3,(H,21,22)/t10-/m1/s1. The minimum atomic E-state index is -1.13. The van der Waals surface area contributed by atoms with Crippen molar-refractivity contribution in [2.24, 2.45) is 0 Å². The number of esters is 1. The molecule has 0 aliphatic heterocycles. The van der Waals surface area contributed by atoms with Gasteiger partial charge in [-0.15, -0.1) is 11.3 Å². The summed E-state index contributed by atoms with van der Waals surface area (Å²) in [5.74, 6) is -2.73. The molecule has 0 saturated heterocycles. The van der Waals surface area contributed by atoms with Crippen molar-refractivity contribution in [1.82, 2.24) is 0 Å². The molecule has 1 aromatic carbocycles. The molecule has 7 heteroatoms. The summed E-state index contributed by atoms with van der Waals surface area (Å²) in [7, 11) is 0. The lowest BCUT2D eigenvalue weighted by Crippen LogP contribution is -2.30. The summed E-state index contributed by atoms with van der Waals surface area (Å²) in [6.07, 6.45) is 2.80. The molecule has 1 amide bonds. The molecule has 132 valence electrons. The second-order valence-corrected chi connectivity index (χ2v) is 6.88. The molecule has 4 nitrogen and oxygen atoms in total. The summed E-state index contributed by atoms with van der Waals surface area (Å²) >= 11 is 1.53. The molecule has 0 unspecified atom stereocenters. The Labute approximate surface area is 147 Å². The zero-order chi connectivity index (χ0) is 18.0. The topological polar surface area (TPSA) is 55.4 Å². The fourth-order valence-corrected chi connectivity index (χ4v) is 3.89. The summed E-state index contributed by atoms with van der Waals surface area (Å²) < 4.78 is 31.9. The number of amides is 1. The van der Waals surface area contributed by atoms with Gasteiger partial charge in [-0.1, -0.05) is 0 Å². The van der Waals surface area contributed by atoms with Gasteiger partial charge in [0, 0.05) is 16.3 Å². The van der Waals surface area contributed by atoms with E-state index in [1.807, 2.05) is 0 Å². The van der Waals surface area contributed by atoms with Crippen LogP contribution >= 0.6 is 11.3 Å². The van der Waals surface area contributed by atoms with Crippen molar-refractivity contribution < 1.29 is 23.1 Å². The Morgan fingerprint density at radius 2 is 2.00 bits per heavy atom. The highest BCUT2D eigenvalue weighted by atomic mass is 32.1. The van der Waals surface area contributed by atoms with Gasteiger partial charge >= 0.3 is 5.97 Å². The van der Waals surface area contributed by atoms with E-state index in [2.05, 4.69) is 5.32 Å². The number of benzene rings is 1. The predicted molar refractivity (Wildman–Crippen MR) is 90.8 cm³/mol. The number of hydrogen-bond donors (Lipinski definition) is 1. The lowest BCUT2D eigenvalue weighted by Gasteiger charge is -2.15. The number of anilines is 1. The maximum atomic E-state index is 13.6. The summed E-state index contributed by atoms with van der Waals surface area (Å²) in [6.45, 7) is 1.39. The average Bonchev–Trinajstić information content (AvgIpc) is 3.02. The molecular formula is C18H17F2NO3S. The van der Waals surface area contributed by atoms with Crippen molar-refractivity contribution in [2.75, 3.05) is 5.32 Å². The van der Waals surface area contributed by atoms with Crippen LogP contribution in [0.3, 0.4) is 0 Å². The van der Waals surface area contributed by atoms with Crippen LogP contribution in [0.5, 0.6) is 0 Å². The van der Waals surface area contributed by atoms with Crippen molar-refractivity contribution in [2.45, 2.75) is 38.7 Å². The molecule has 1 atom stereocenters. The van der Waals surface area contributed by atoms with Gasteiger partial charge in [0.2, 0.25) is 0 Å². The molecule has 25 heavy (non-hydrogen) atoms. The van der Waals surface area contributed by atoms with E-state index in [0.717, 1.165) is 49.4 Å². The van der Waals surface area contributed by atoms with Crippen molar-refractivity contribution in [3.63, 3.8) is 0 Å². The summed E-state index contributed by atoms with van der Waals surface area (Å²) in [6, 6.07) is 2.74. The van der Waals surface area contributed by atoms with Crippen LogP contribution in [0.2, 0.25) is 0 Å². The minimum Gasteiger partial charge on any atom is -0.449 e. The fraction of sp³-hybridized carbons (Fsp3) is 0.333. The van der Waals surface area contributed by atoms with E-state index in [1.165, 1.54) is 23.1 Å². The molecule has 1 aliphatic rings. The van der Waals surface area contributed by atoms with E-state index < -0.39 is 29.6 Å². The number of halogens is 2. The van der Waals surface area contributed by atoms with Gasteiger partial charge in [-0.3, -0.25) is 4.79 Å². The molecule has 0 spiro atoms. The molecule has 1 N–H and O–H groups in total. The number of rotatable bonds is 4. The molecule has 1 heterocycles.